The lowest BCUT2D eigenvalue weighted by Crippen LogP contribution is -2.26. The molecule has 0 aromatic heterocycles. The minimum atomic E-state index is -1.04. The third kappa shape index (κ3) is 5.12. The summed E-state index contributed by atoms with van der Waals surface area (Å²) in [6, 6.07) is 28.6. The van der Waals surface area contributed by atoms with Crippen LogP contribution < -0.4 is 5.32 Å². The van der Waals surface area contributed by atoms with Gasteiger partial charge in [0.05, 0.1) is 10.8 Å². The Labute approximate surface area is 152 Å². The Balaban J connectivity index is 1.74. The van der Waals surface area contributed by atoms with E-state index in [1.807, 2.05) is 67.6 Å². The number of hydrogen-bond acceptors (Lipinski definition) is 2. The standard InChI is InChI=1S/C22H23NOS/c1-18-12-14-21(15-13-18)25(24)17-22(20-10-6-3-7-11-20)23-16-19-8-4-2-5-9-19/h2-15,22-23H,16-17H2,1H3/t22-,25?/m1/s1. The van der Waals surface area contributed by atoms with Gasteiger partial charge in [-0.1, -0.05) is 78.4 Å². The van der Waals surface area contributed by atoms with Crippen LogP contribution in [0.15, 0.2) is 89.8 Å². The van der Waals surface area contributed by atoms with E-state index in [-0.39, 0.29) is 6.04 Å². The SMILES string of the molecule is Cc1ccc(S(=O)C[C@@H](NCc2ccccc2)c2ccccc2)cc1. The zero-order chi connectivity index (χ0) is 17.5. The van der Waals surface area contributed by atoms with Crippen molar-refractivity contribution in [2.45, 2.75) is 24.4 Å². The van der Waals surface area contributed by atoms with Crippen molar-refractivity contribution in [2.24, 2.45) is 0 Å². The number of rotatable bonds is 7. The van der Waals surface area contributed by atoms with E-state index in [0.29, 0.717) is 5.75 Å². The van der Waals surface area contributed by atoms with Gasteiger partial charge in [0.1, 0.15) is 0 Å². The molecule has 3 aromatic carbocycles. The Morgan fingerprint density at radius 1 is 0.840 bits per heavy atom. The highest BCUT2D eigenvalue weighted by Crippen LogP contribution is 2.18. The van der Waals surface area contributed by atoms with Gasteiger partial charge in [-0.15, -0.1) is 0 Å². The molecule has 0 spiro atoms. The lowest BCUT2D eigenvalue weighted by atomic mass is 10.1. The monoisotopic (exact) mass is 349 g/mol. The van der Waals surface area contributed by atoms with E-state index in [4.69, 9.17) is 0 Å². The second-order valence-electron chi connectivity index (χ2n) is 6.16. The van der Waals surface area contributed by atoms with E-state index in [1.165, 1.54) is 16.7 Å². The maximum atomic E-state index is 12.8. The first-order valence-corrected chi connectivity index (χ1v) is 9.81. The van der Waals surface area contributed by atoms with Crippen LogP contribution in [0, 0.1) is 6.92 Å². The maximum Gasteiger partial charge on any atom is 0.0548 e. The Morgan fingerprint density at radius 2 is 1.44 bits per heavy atom. The summed E-state index contributed by atoms with van der Waals surface area (Å²) < 4.78 is 12.8. The van der Waals surface area contributed by atoms with Gasteiger partial charge < -0.3 is 5.32 Å². The fourth-order valence-corrected chi connectivity index (χ4v) is 3.98. The fraction of sp³-hybridized carbons (Fsp3) is 0.182. The van der Waals surface area contributed by atoms with Crippen LogP contribution in [-0.2, 0) is 17.3 Å². The second kappa shape index (κ2) is 8.75. The van der Waals surface area contributed by atoms with Gasteiger partial charge in [-0.3, -0.25) is 4.21 Å². The Kier molecular flexibility index (Phi) is 6.15. The first kappa shape index (κ1) is 17.6. The number of hydrogen-bond donors (Lipinski definition) is 1. The van der Waals surface area contributed by atoms with Crippen molar-refractivity contribution in [1.29, 1.82) is 0 Å². The molecular formula is C22H23NOS. The first-order chi connectivity index (χ1) is 12.2. The van der Waals surface area contributed by atoms with Crippen molar-refractivity contribution in [1.82, 2.24) is 5.32 Å². The zero-order valence-electron chi connectivity index (χ0n) is 14.4. The zero-order valence-corrected chi connectivity index (χ0v) is 15.2. The molecule has 0 radical (unpaired) electrons. The molecule has 0 aliphatic heterocycles. The predicted octanol–water partition coefficient (Wildman–Crippen LogP) is 4.63. The van der Waals surface area contributed by atoms with Crippen molar-refractivity contribution in [3.05, 3.63) is 102 Å². The molecular weight excluding hydrogens is 326 g/mol. The van der Waals surface area contributed by atoms with Gasteiger partial charge in [-0.25, -0.2) is 0 Å². The Bertz CT molecular complexity index is 800. The molecule has 0 saturated carbocycles. The minimum absolute atomic E-state index is 0.0449. The van der Waals surface area contributed by atoms with Gasteiger partial charge >= 0.3 is 0 Å². The van der Waals surface area contributed by atoms with Crippen molar-refractivity contribution in [3.8, 4) is 0 Å². The summed E-state index contributed by atoms with van der Waals surface area (Å²) in [5, 5.41) is 3.57. The van der Waals surface area contributed by atoms with E-state index < -0.39 is 10.8 Å². The van der Waals surface area contributed by atoms with Crippen molar-refractivity contribution >= 4 is 10.8 Å². The van der Waals surface area contributed by atoms with E-state index >= 15 is 0 Å². The first-order valence-electron chi connectivity index (χ1n) is 8.49. The Hall–Kier alpha value is -2.23. The quantitative estimate of drug-likeness (QED) is 0.673. The van der Waals surface area contributed by atoms with Crippen molar-refractivity contribution in [2.75, 3.05) is 5.75 Å². The summed E-state index contributed by atoms with van der Waals surface area (Å²) >= 11 is 0. The third-order valence-corrected chi connectivity index (χ3v) is 5.63. The summed E-state index contributed by atoms with van der Waals surface area (Å²) in [5.41, 5.74) is 3.58. The molecule has 0 aliphatic rings. The van der Waals surface area contributed by atoms with Crippen LogP contribution in [0.3, 0.4) is 0 Å². The molecule has 3 heteroatoms. The van der Waals surface area contributed by atoms with Crippen LogP contribution in [0.25, 0.3) is 0 Å². The fourth-order valence-electron chi connectivity index (χ4n) is 2.73. The average Bonchev–Trinajstić information content (AvgIpc) is 2.67. The maximum absolute atomic E-state index is 12.8. The Morgan fingerprint density at radius 3 is 2.08 bits per heavy atom. The minimum Gasteiger partial charge on any atom is -0.305 e. The van der Waals surface area contributed by atoms with E-state index in [0.717, 1.165) is 11.4 Å². The molecule has 0 amide bonds. The largest absolute Gasteiger partial charge is 0.305 e. The summed E-state index contributed by atoms with van der Waals surface area (Å²) in [7, 11) is -1.04. The molecule has 2 atom stereocenters. The predicted molar refractivity (Wildman–Crippen MR) is 105 cm³/mol. The summed E-state index contributed by atoms with van der Waals surface area (Å²) in [5.74, 6) is 0.555. The van der Waals surface area contributed by atoms with Crippen LogP contribution in [0.2, 0.25) is 0 Å². The third-order valence-electron chi connectivity index (χ3n) is 4.20. The van der Waals surface area contributed by atoms with E-state index in [1.54, 1.807) is 0 Å². The highest BCUT2D eigenvalue weighted by molar-refractivity contribution is 7.85. The highest BCUT2D eigenvalue weighted by Gasteiger charge is 2.16. The summed E-state index contributed by atoms with van der Waals surface area (Å²) in [6.07, 6.45) is 0. The van der Waals surface area contributed by atoms with Crippen LogP contribution in [0.1, 0.15) is 22.7 Å². The molecule has 0 heterocycles. The summed E-state index contributed by atoms with van der Waals surface area (Å²) in [6.45, 7) is 2.80. The van der Waals surface area contributed by atoms with Gasteiger partial charge in [-0.2, -0.15) is 0 Å². The lowest BCUT2D eigenvalue weighted by Gasteiger charge is -2.19. The van der Waals surface area contributed by atoms with E-state index in [9.17, 15) is 4.21 Å². The number of benzene rings is 3. The molecule has 1 unspecified atom stereocenters. The molecule has 3 rings (SSSR count). The molecule has 2 nitrogen and oxygen atoms in total. The van der Waals surface area contributed by atoms with Crippen molar-refractivity contribution < 1.29 is 4.21 Å². The number of nitrogens with one attached hydrogen (secondary N) is 1. The topological polar surface area (TPSA) is 29.1 Å². The van der Waals surface area contributed by atoms with Gasteiger partial charge in [-0.05, 0) is 30.2 Å². The van der Waals surface area contributed by atoms with Gasteiger partial charge in [0.2, 0.25) is 0 Å². The van der Waals surface area contributed by atoms with Crippen LogP contribution in [0.4, 0.5) is 0 Å². The molecule has 128 valence electrons. The van der Waals surface area contributed by atoms with Crippen LogP contribution >= 0.6 is 0 Å². The van der Waals surface area contributed by atoms with Crippen LogP contribution in [-0.4, -0.2) is 9.96 Å². The lowest BCUT2D eigenvalue weighted by molar-refractivity contribution is 0.573. The molecule has 0 fully saturated rings. The molecule has 3 aromatic rings. The van der Waals surface area contributed by atoms with Crippen LogP contribution in [0.5, 0.6) is 0 Å². The van der Waals surface area contributed by atoms with E-state index in [2.05, 4.69) is 29.6 Å². The second-order valence-corrected chi connectivity index (χ2v) is 7.65. The number of aryl methyl sites for hydroxylation is 1. The molecule has 0 aliphatic carbocycles. The van der Waals surface area contributed by atoms with Gasteiger partial charge in [0.25, 0.3) is 0 Å². The molecule has 0 bridgehead atoms. The molecule has 1 N–H and O–H groups in total. The van der Waals surface area contributed by atoms with Crippen molar-refractivity contribution in [3.63, 3.8) is 0 Å². The average molecular weight is 349 g/mol. The molecule has 0 saturated heterocycles. The highest BCUT2D eigenvalue weighted by atomic mass is 32.2. The molecule has 25 heavy (non-hydrogen) atoms. The normalized spacial score (nSPS) is 13.3. The summed E-state index contributed by atoms with van der Waals surface area (Å²) in [4.78, 5) is 0.882. The van der Waals surface area contributed by atoms with Gasteiger partial charge in [0.15, 0.2) is 0 Å². The smallest absolute Gasteiger partial charge is 0.0548 e. The van der Waals surface area contributed by atoms with Gasteiger partial charge in [0, 0.05) is 23.2 Å².